The Morgan fingerprint density at radius 1 is 0.656 bits per heavy atom. The molecule has 0 heterocycles. The molecule has 0 aromatic heterocycles. The van der Waals surface area contributed by atoms with E-state index in [-0.39, 0.29) is 5.97 Å². The van der Waals surface area contributed by atoms with Crippen molar-refractivity contribution >= 4 is 5.97 Å². The zero-order valence-electron chi connectivity index (χ0n) is 22.8. The normalized spacial score (nSPS) is 11.9. The van der Waals surface area contributed by atoms with Crippen molar-refractivity contribution in [3.05, 3.63) is 0 Å². The summed E-state index contributed by atoms with van der Waals surface area (Å²) in [6.07, 6.45) is 22.3. The van der Waals surface area contributed by atoms with Crippen LogP contribution in [0.2, 0.25) is 0 Å². The van der Waals surface area contributed by atoms with Crippen molar-refractivity contribution in [2.45, 2.75) is 150 Å². The average molecular weight is 454 g/mol. The van der Waals surface area contributed by atoms with Crippen LogP contribution in [0.15, 0.2) is 0 Å². The van der Waals surface area contributed by atoms with Crippen LogP contribution in [-0.2, 0) is 9.53 Å². The van der Waals surface area contributed by atoms with Gasteiger partial charge in [-0.3, -0.25) is 9.69 Å². The van der Waals surface area contributed by atoms with E-state index >= 15 is 0 Å². The first-order chi connectivity index (χ1) is 15.5. The zero-order chi connectivity index (χ0) is 23.9. The number of esters is 1. The molecule has 0 aliphatic carbocycles. The highest BCUT2D eigenvalue weighted by Crippen LogP contribution is 2.31. The van der Waals surface area contributed by atoms with E-state index in [1.165, 1.54) is 96.3 Å². The highest BCUT2D eigenvalue weighted by molar-refractivity contribution is 5.69. The molecular formula is C29H59NO2. The smallest absolute Gasteiger partial charge is 0.305 e. The summed E-state index contributed by atoms with van der Waals surface area (Å²) in [7, 11) is 0. The number of hydrogen-bond donors (Lipinski definition) is 0. The fourth-order valence-electron chi connectivity index (χ4n) is 4.35. The van der Waals surface area contributed by atoms with Gasteiger partial charge in [-0.15, -0.1) is 0 Å². The number of ether oxygens (including phenoxy) is 1. The van der Waals surface area contributed by atoms with Gasteiger partial charge in [-0.1, -0.05) is 118 Å². The van der Waals surface area contributed by atoms with Gasteiger partial charge < -0.3 is 4.74 Å². The van der Waals surface area contributed by atoms with E-state index in [1.54, 1.807) is 0 Å². The van der Waals surface area contributed by atoms with E-state index in [0.29, 0.717) is 18.4 Å². The Morgan fingerprint density at radius 3 is 1.69 bits per heavy atom. The van der Waals surface area contributed by atoms with Crippen molar-refractivity contribution in [1.82, 2.24) is 4.90 Å². The minimum atomic E-state index is 0.00331. The van der Waals surface area contributed by atoms with Gasteiger partial charge in [0.1, 0.15) is 6.61 Å². The summed E-state index contributed by atoms with van der Waals surface area (Å²) in [5, 5.41) is 0. The Bertz CT molecular complexity index is 394. The molecule has 3 heteroatoms. The lowest BCUT2D eigenvalue weighted by atomic mass is 9.80. The van der Waals surface area contributed by atoms with Crippen LogP contribution >= 0.6 is 0 Å². The molecule has 0 aromatic rings. The van der Waals surface area contributed by atoms with Crippen molar-refractivity contribution in [3.8, 4) is 0 Å². The molecule has 0 saturated carbocycles. The highest BCUT2D eigenvalue weighted by atomic mass is 16.5. The molecule has 0 aliphatic heterocycles. The lowest BCUT2D eigenvalue weighted by Gasteiger charge is -2.26. The fourth-order valence-corrected chi connectivity index (χ4v) is 4.35. The molecule has 3 nitrogen and oxygen atoms in total. The van der Waals surface area contributed by atoms with Gasteiger partial charge in [0.25, 0.3) is 0 Å². The van der Waals surface area contributed by atoms with Crippen LogP contribution < -0.4 is 0 Å². The molecule has 0 N–H and O–H groups in total. The summed E-state index contributed by atoms with van der Waals surface area (Å²) in [4.78, 5) is 14.6. The van der Waals surface area contributed by atoms with Gasteiger partial charge in [0.05, 0.1) is 0 Å². The second kappa shape index (κ2) is 22.2. The summed E-state index contributed by atoms with van der Waals surface area (Å²) in [6.45, 7) is 15.4. The maximum atomic E-state index is 12.1. The molecular weight excluding hydrogens is 394 g/mol. The van der Waals surface area contributed by atoms with Gasteiger partial charge in [-0.2, -0.15) is 0 Å². The molecule has 0 unspecified atom stereocenters. The zero-order valence-corrected chi connectivity index (χ0v) is 22.8. The van der Waals surface area contributed by atoms with E-state index in [0.717, 1.165) is 32.5 Å². The van der Waals surface area contributed by atoms with Gasteiger partial charge >= 0.3 is 5.97 Å². The van der Waals surface area contributed by atoms with Crippen LogP contribution in [-0.4, -0.2) is 37.1 Å². The monoisotopic (exact) mass is 453 g/mol. The van der Waals surface area contributed by atoms with Crippen molar-refractivity contribution in [1.29, 1.82) is 0 Å². The second-order valence-electron chi connectivity index (χ2n) is 10.3. The molecule has 0 aliphatic rings. The maximum absolute atomic E-state index is 12.1. The lowest BCUT2D eigenvalue weighted by Crippen LogP contribution is -2.30. The molecule has 0 fully saturated rings. The summed E-state index contributed by atoms with van der Waals surface area (Å²) < 4.78 is 5.55. The molecule has 0 spiro atoms. The minimum Gasteiger partial charge on any atom is -0.464 e. The van der Waals surface area contributed by atoms with Crippen LogP contribution in [0.4, 0.5) is 0 Å². The number of nitrogens with zero attached hydrogens (tertiary/aromatic N) is 1. The maximum Gasteiger partial charge on any atom is 0.305 e. The molecule has 192 valence electrons. The largest absolute Gasteiger partial charge is 0.464 e. The summed E-state index contributed by atoms with van der Waals surface area (Å²) in [6, 6.07) is 0. The van der Waals surface area contributed by atoms with Gasteiger partial charge in [0.2, 0.25) is 0 Å². The Hall–Kier alpha value is -0.570. The van der Waals surface area contributed by atoms with Gasteiger partial charge in [0, 0.05) is 13.0 Å². The first-order valence-corrected chi connectivity index (χ1v) is 14.4. The molecule has 32 heavy (non-hydrogen) atoms. The van der Waals surface area contributed by atoms with Gasteiger partial charge in [0.15, 0.2) is 0 Å². The lowest BCUT2D eigenvalue weighted by molar-refractivity contribution is -0.144. The minimum absolute atomic E-state index is 0.00331. The molecule has 0 amide bonds. The number of hydrogen-bond acceptors (Lipinski definition) is 3. The van der Waals surface area contributed by atoms with Crippen molar-refractivity contribution in [2.75, 3.05) is 26.2 Å². The molecule has 0 rings (SSSR count). The Labute approximate surface area is 202 Å². The Balaban J connectivity index is 3.80. The number of carbonyl (C=O) groups is 1. The molecule has 0 aromatic carbocycles. The molecule has 0 atom stereocenters. The van der Waals surface area contributed by atoms with Crippen LogP contribution in [0.1, 0.15) is 150 Å². The van der Waals surface area contributed by atoms with Crippen LogP contribution in [0.5, 0.6) is 0 Å². The first-order valence-electron chi connectivity index (χ1n) is 14.4. The predicted molar refractivity (Wildman–Crippen MR) is 141 cm³/mol. The topological polar surface area (TPSA) is 29.5 Å². The van der Waals surface area contributed by atoms with Gasteiger partial charge in [-0.05, 0) is 44.2 Å². The molecule has 0 bridgehead atoms. The fraction of sp³-hybridized carbons (Fsp3) is 0.966. The van der Waals surface area contributed by atoms with E-state index in [4.69, 9.17) is 4.74 Å². The first kappa shape index (κ1) is 31.4. The van der Waals surface area contributed by atoms with Crippen molar-refractivity contribution in [3.63, 3.8) is 0 Å². The predicted octanol–water partition coefficient (Wildman–Crippen LogP) is 8.94. The Kier molecular flexibility index (Phi) is 21.8. The van der Waals surface area contributed by atoms with Crippen molar-refractivity contribution in [2.24, 2.45) is 5.41 Å². The third-order valence-corrected chi connectivity index (χ3v) is 7.44. The third kappa shape index (κ3) is 18.9. The van der Waals surface area contributed by atoms with Crippen LogP contribution in [0, 0.1) is 5.41 Å². The number of unbranched alkanes of at least 4 members (excludes halogenated alkanes) is 11. The van der Waals surface area contributed by atoms with Crippen LogP contribution in [0.25, 0.3) is 0 Å². The van der Waals surface area contributed by atoms with E-state index < -0.39 is 0 Å². The quantitative estimate of drug-likeness (QED) is 0.108. The number of rotatable bonds is 24. The summed E-state index contributed by atoms with van der Waals surface area (Å²) in [5.74, 6) is 0.00331. The van der Waals surface area contributed by atoms with Crippen molar-refractivity contribution < 1.29 is 9.53 Å². The standard InChI is InChI=1S/C29H59NO2/c1-6-10-12-20-24-30(25-21-13-11-7-2)26-27-32-28(31)22-18-16-14-15-17-19-23-29(5,8-3)9-4/h6-27H2,1-5H3. The number of carbonyl (C=O) groups excluding carboxylic acids is 1. The average Bonchev–Trinajstić information content (AvgIpc) is 2.80. The van der Waals surface area contributed by atoms with Gasteiger partial charge in [-0.25, -0.2) is 0 Å². The third-order valence-electron chi connectivity index (χ3n) is 7.44. The van der Waals surface area contributed by atoms with Crippen LogP contribution in [0.3, 0.4) is 0 Å². The Morgan fingerprint density at radius 2 is 1.16 bits per heavy atom. The summed E-state index contributed by atoms with van der Waals surface area (Å²) in [5.41, 5.74) is 0.546. The molecule has 0 radical (unpaired) electrons. The molecule has 0 saturated heterocycles. The second-order valence-corrected chi connectivity index (χ2v) is 10.3. The SMILES string of the molecule is CCCCCCN(CCCCCC)CCOC(=O)CCCCCCCCC(C)(CC)CC. The van der Waals surface area contributed by atoms with E-state index in [2.05, 4.69) is 39.5 Å². The van der Waals surface area contributed by atoms with E-state index in [9.17, 15) is 4.79 Å². The highest BCUT2D eigenvalue weighted by Gasteiger charge is 2.18. The van der Waals surface area contributed by atoms with E-state index in [1.807, 2.05) is 0 Å². The summed E-state index contributed by atoms with van der Waals surface area (Å²) >= 11 is 0.